The van der Waals surface area contributed by atoms with Gasteiger partial charge in [-0.1, -0.05) is 47.5 Å². The number of rotatable bonds is 8. The summed E-state index contributed by atoms with van der Waals surface area (Å²) < 4.78 is 0. The van der Waals surface area contributed by atoms with Gasteiger partial charge in [-0.15, -0.1) is 0 Å². The number of aromatic nitrogens is 3. The third kappa shape index (κ3) is 5.78. The van der Waals surface area contributed by atoms with Gasteiger partial charge in [-0.25, -0.2) is 9.97 Å². The fourth-order valence-electron chi connectivity index (χ4n) is 3.58. The third-order valence-corrected chi connectivity index (χ3v) is 6.02. The van der Waals surface area contributed by atoms with Crippen molar-refractivity contribution in [3.63, 3.8) is 0 Å². The van der Waals surface area contributed by atoms with E-state index in [2.05, 4.69) is 37.2 Å². The number of pyridine rings is 1. The molecule has 38 heavy (non-hydrogen) atoms. The summed E-state index contributed by atoms with van der Waals surface area (Å²) in [5, 5.41) is 25.5. The van der Waals surface area contributed by atoms with E-state index in [1.807, 2.05) is 0 Å². The second kappa shape index (κ2) is 11.5. The number of hydrazine groups is 1. The van der Waals surface area contributed by atoms with Gasteiger partial charge in [0.1, 0.15) is 12.0 Å². The molecule has 0 radical (unpaired) electrons. The lowest BCUT2D eigenvalue weighted by Crippen LogP contribution is -2.31. The molecule has 1 amide bonds. The Labute approximate surface area is 226 Å². The Morgan fingerprint density at radius 1 is 1.08 bits per heavy atom. The maximum Gasteiger partial charge on any atom is 0.355 e. The topological polar surface area (TPSA) is 159 Å². The summed E-state index contributed by atoms with van der Waals surface area (Å²) in [6.07, 6.45) is 2.54. The molecule has 4 aromatic rings. The number of nitro groups is 1. The smallest absolute Gasteiger partial charge is 0.334 e. The highest BCUT2D eigenvalue weighted by atomic mass is 35.5. The zero-order valence-electron chi connectivity index (χ0n) is 19.6. The van der Waals surface area contributed by atoms with E-state index in [4.69, 9.17) is 23.2 Å². The van der Waals surface area contributed by atoms with Crippen molar-refractivity contribution in [2.24, 2.45) is 0 Å². The Balaban J connectivity index is 1.61. The molecule has 1 atom stereocenters. The lowest BCUT2D eigenvalue weighted by Gasteiger charge is -2.17. The van der Waals surface area contributed by atoms with Crippen LogP contribution in [0.25, 0.3) is 0 Å². The number of carbonyl (C=O) groups excluding carboxylic acids is 1. The van der Waals surface area contributed by atoms with Crippen molar-refractivity contribution in [1.29, 1.82) is 5.26 Å². The molecule has 2 aromatic carbocycles. The van der Waals surface area contributed by atoms with Crippen molar-refractivity contribution in [1.82, 2.24) is 20.4 Å². The minimum Gasteiger partial charge on any atom is -0.334 e. The van der Waals surface area contributed by atoms with E-state index in [9.17, 15) is 20.2 Å². The average Bonchev–Trinajstić information content (AvgIpc) is 2.91. The maximum absolute atomic E-state index is 12.3. The predicted octanol–water partition coefficient (Wildman–Crippen LogP) is 5.55. The third-order valence-electron chi connectivity index (χ3n) is 5.44. The molecule has 0 aliphatic heterocycles. The first-order valence-corrected chi connectivity index (χ1v) is 11.7. The monoisotopic (exact) mass is 548 g/mol. The normalized spacial score (nSPS) is 11.2. The lowest BCUT2D eigenvalue weighted by atomic mass is 9.91. The molecule has 0 spiro atoms. The van der Waals surface area contributed by atoms with Gasteiger partial charge in [0.25, 0.3) is 5.91 Å². The number of nitriles is 1. The SMILES string of the molecule is Cc1cc(C(C#N)c2ccc(Cl)cc2)c(Cl)cc1Nc1ncnc(NNC(=O)c2ccccn2)c1[N+](=O)[O-]. The number of aryl methyl sites for hydroxylation is 1. The molecule has 2 aromatic heterocycles. The zero-order valence-corrected chi connectivity index (χ0v) is 21.2. The predicted molar refractivity (Wildman–Crippen MR) is 142 cm³/mol. The molecule has 0 fully saturated rings. The molecule has 0 bridgehead atoms. The van der Waals surface area contributed by atoms with Crippen LogP contribution in [0.4, 0.5) is 23.0 Å². The molecule has 0 saturated heterocycles. The van der Waals surface area contributed by atoms with Crippen LogP contribution < -0.4 is 16.2 Å². The number of hydrogen-bond donors (Lipinski definition) is 3. The van der Waals surface area contributed by atoms with Gasteiger partial charge in [-0.3, -0.25) is 30.7 Å². The van der Waals surface area contributed by atoms with Crippen LogP contribution in [0.1, 0.15) is 33.1 Å². The summed E-state index contributed by atoms with van der Waals surface area (Å²) in [5.41, 5.74) is 6.75. The summed E-state index contributed by atoms with van der Waals surface area (Å²) in [4.78, 5) is 35.3. The number of nitrogens with zero attached hydrogens (tertiary/aromatic N) is 5. The second-order valence-corrected chi connectivity index (χ2v) is 8.74. The van der Waals surface area contributed by atoms with E-state index in [1.165, 1.54) is 12.3 Å². The van der Waals surface area contributed by atoms with Gasteiger partial charge in [0.15, 0.2) is 0 Å². The van der Waals surface area contributed by atoms with E-state index in [0.29, 0.717) is 27.4 Å². The van der Waals surface area contributed by atoms with Gasteiger partial charge in [0.2, 0.25) is 11.6 Å². The zero-order chi connectivity index (χ0) is 27.2. The molecule has 0 aliphatic rings. The standard InChI is InChI=1S/C25H18Cl2N8O3/c1-14-10-17(18(12-28)15-5-7-16(26)8-6-15)19(27)11-21(14)32-23-22(35(37)38)24(31-13-30-23)33-34-25(36)20-4-2-3-9-29-20/h2-11,13,18H,1H3,(H,34,36)(H2,30,31,32,33). The number of hydrogen-bond acceptors (Lipinski definition) is 9. The molecular weight excluding hydrogens is 531 g/mol. The van der Waals surface area contributed by atoms with Gasteiger partial charge < -0.3 is 5.32 Å². The van der Waals surface area contributed by atoms with E-state index in [0.717, 1.165) is 6.33 Å². The molecule has 13 heteroatoms. The first-order chi connectivity index (χ1) is 18.3. The van der Waals surface area contributed by atoms with Crippen LogP contribution in [-0.4, -0.2) is 25.8 Å². The molecule has 2 heterocycles. The summed E-state index contributed by atoms with van der Waals surface area (Å²) in [6, 6.07) is 17.2. The van der Waals surface area contributed by atoms with E-state index >= 15 is 0 Å². The molecule has 0 aliphatic carbocycles. The van der Waals surface area contributed by atoms with Crippen LogP contribution in [0.3, 0.4) is 0 Å². The highest BCUT2D eigenvalue weighted by Crippen LogP contribution is 2.37. The molecule has 190 valence electrons. The van der Waals surface area contributed by atoms with E-state index in [1.54, 1.807) is 55.5 Å². The van der Waals surface area contributed by atoms with Crippen LogP contribution in [0, 0.1) is 28.4 Å². The van der Waals surface area contributed by atoms with Crippen LogP contribution in [-0.2, 0) is 0 Å². The second-order valence-electron chi connectivity index (χ2n) is 7.90. The number of anilines is 3. The molecule has 0 saturated carbocycles. The van der Waals surface area contributed by atoms with Gasteiger partial charge in [-0.05, 0) is 53.9 Å². The number of benzene rings is 2. The Morgan fingerprint density at radius 3 is 2.47 bits per heavy atom. The van der Waals surface area contributed by atoms with E-state index < -0.39 is 22.4 Å². The Morgan fingerprint density at radius 2 is 1.82 bits per heavy atom. The van der Waals surface area contributed by atoms with Crippen molar-refractivity contribution < 1.29 is 9.72 Å². The lowest BCUT2D eigenvalue weighted by molar-refractivity contribution is -0.383. The summed E-state index contributed by atoms with van der Waals surface area (Å²) in [6.45, 7) is 1.76. The number of nitrogens with one attached hydrogen (secondary N) is 3. The van der Waals surface area contributed by atoms with Crippen LogP contribution in [0.2, 0.25) is 10.0 Å². The van der Waals surface area contributed by atoms with Crippen molar-refractivity contribution in [2.45, 2.75) is 12.8 Å². The van der Waals surface area contributed by atoms with Crippen LogP contribution in [0.15, 0.2) is 67.1 Å². The Kier molecular flexibility index (Phi) is 7.96. The minimum absolute atomic E-state index is 0.106. The molecule has 3 N–H and O–H groups in total. The molecule has 4 rings (SSSR count). The number of carbonyl (C=O) groups is 1. The largest absolute Gasteiger partial charge is 0.355 e. The van der Waals surface area contributed by atoms with Gasteiger partial charge >= 0.3 is 5.69 Å². The van der Waals surface area contributed by atoms with Crippen LogP contribution in [0.5, 0.6) is 0 Å². The van der Waals surface area contributed by atoms with Crippen molar-refractivity contribution in [3.8, 4) is 6.07 Å². The Hall–Kier alpha value is -4.79. The van der Waals surface area contributed by atoms with E-state index in [-0.39, 0.29) is 22.4 Å². The summed E-state index contributed by atoms with van der Waals surface area (Å²) >= 11 is 12.5. The van der Waals surface area contributed by atoms with Crippen molar-refractivity contribution >= 4 is 52.1 Å². The van der Waals surface area contributed by atoms with Crippen molar-refractivity contribution in [2.75, 3.05) is 10.7 Å². The first-order valence-electron chi connectivity index (χ1n) is 11.0. The van der Waals surface area contributed by atoms with Gasteiger partial charge in [0.05, 0.1) is 16.9 Å². The maximum atomic E-state index is 12.3. The van der Waals surface area contributed by atoms with Crippen molar-refractivity contribution in [3.05, 3.63) is 110 Å². The van der Waals surface area contributed by atoms with Gasteiger partial charge in [0, 0.05) is 21.9 Å². The molecule has 11 nitrogen and oxygen atoms in total. The summed E-state index contributed by atoms with van der Waals surface area (Å²) in [5.74, 6) is -1.65. The summed E-state index contributed by atoms with van der Waals surface area (Å²) in [7, 11) is 0. The Bertz CT molecular complexity index is 1540. The highest BCUT2D eigenvalue weighted by molar-refractivity contribution is 6.32. The molecular formula is C25H18Cl2N8O3. The fourth-order valence-corrected chi connectivity index (χ4v) is 3.98. The minimum atomic E-state index is -0.685. The average molecular weight is 549 g/mol. The number of halogens is 2. The number of amides is 1. The first kappa shape index (κ1) is 26.3. The van der Waals surface area contributed by atoms with Gasteiger partial charge in [-0.2, -0.15) is 5.26 Å². The fraction of sp³-hybridized carbons (Fsp3) is 0.0800. The quantitative estimate of drug-likeness (QED) is 0.189. The van der Waals surface area contributed by atoms with Crippen LogP contribution >= 0.6 is 23.2 Å². The molecule has 1 unspecified atom stereocenters. The highest BCUT2D eigenvalue weighted by Gasteiger charge is 2.25.